The third kappa shape index (κ3) is 4.68. The molecule has 2 saturated heterocycles. The number of hydrogen-bond acceptors (Lipinski definition) is 7. The zero-order valence-electron chi connectivity index (χ0n) is 20.2. The molecule has 2 N–H and O–H groups in total. The van der Waals surface area contributed by atoms with Crippen molar-refractivity contribution < 1.29 is 19.4 Å². The van der Waals surface area contributed by atoms with Crippen molar-refractivity contribution in [2.24, 2.45) is 0 Å². The number of carbonyl (C=O) groups excluding carboxylic acids is 1. The number of aromatic nitrogens is 3. The summed E-state index contributed by atoms with van der Waals surface area (Å²) in [5.74, 6) is 2.41. The van der Waals surface area contributed by atoms with Crippen LogP contribution in [0.15, 0.2) is 48.8 Å². The Labute approximate surface area is 210 Å². The van der Waals surface area contributed by atoms with Gasteiger partial charge in [0.1, 0.15) is 17.6 Å². The molecule has 3 aliphatic rings. The van der Waals surface area contributed by atoms with Gasteiger partial charge in [-0.05, 0) is 50.4 Å². The van der Waals surface area contributed by atoms with Gasteiger partial charge < -0.3 is 24.4 Å². The molecule has 9 nitrogen and oxygen atoms in total. The highest BCUT2D eigenvalue weighted by Gasteiger charge is 2.36. The van der Waals surface area contributed by atoms with Crippen LogP contribution in [0.4, 0.5) is 0 Å². The number of piperidine rings is 1. The standard InChI is InChI=1S/C27H31N5O4/c33-24-9-14-32(27(24)34)20-7-12-31(13-8-20)11-6-19-17-35-25-15-21(2-3-22(19)25)36-26-4-1-18(16-28-26)23-5-10-29-30-23/h1-5,10,15-16,19-20,24,33H,6-9,11-14,17H2,(H,29,30)/t19?,24-/m0/s1. The monoisotopic (exact) mass is 489 g/mol. The predicted molar refractivity (Wildman–Crippen MR) is 133 cm³/mol. The van der Waals surface area contributed by atoms with Crippen molar-refractivity contribution in [3.63, 3.8) is 0 Å². The van der Waals surface area contributed by atoms with Crippen LogP contribution < -0.4 is 9.47 Å². The number of likely N-dealkylation sites (tertiary alicyclic amines) is 2. The Morgan fingerprint density at radius 3 is 2.72 bits per heavy atom. The molecule has 6 rings (SSSR count). The van der Waals surface area contributed by atoms with E-state index in [1.54, 1.807) is 12.4 Å². The minimum Gasteiger partial charge on any atom is -0.493 e. The summed E-state index contributed by atoms with van der Waals surface area (Å²) < 4.78 is 12.0. The minimum absolute atomic E-state index is 0.0848. The summed E-state index contributed by atoms with van der Waals surface area (Å²) in [6, 6.07) is 12.0. The number of pyridine rings is 1. The van der Waals surface area contributed by atoms with Crippen molar-refractivity contribution in [2.75, 3.05) is 32.8 Å². The van der Waals surface area contributed by atoms with Gasteiger partial charge in [-0.15, -0.1) is 0 Å². The van der Waals surface area contributed by atoms with Gasteiger partial charge in [0.05, 0.1) is 12.3 Å². The number of amides is 1. The first-order valence-electron chi connectivity index (χ1n) is 12.8. The van der Waals surface area contributed by atoms with Gasteiger partial charge in [-0.1, -0.05) is 6.07 Å². The normalized spacial score (nSPS) is 22.6. The van der Waals surface area contributed by atoms with E-state index in [9.17, 15) is 9.90 Å². The van der Waals surface area contributed by atoms with E-state index in [-0.39, 0.29) is 11.9 Å². The molecular formula is C27H31N5O4. The van der Waals surface area contributed by atoms with Crippen molar-refractivity contribution in [2.45, 2.75) is 43.7 Å². The molecule has 0 aliphatic carbocycles. The van der Waals surface area contributed by atoms with Crippen LogP contribution in [-0.2, 0) is 4.79 Å². The molecule has 1 unspecified atom stereocenters. The van der Waals surface area contributed by atoms with Crippen LogP contribution in [-0.4, -0.2) is 80.9 Å². The van der Waals surface area contributed by atoms with Gasteiger partial charge >= 0.3 is 0 Å². The minimum atomic E-state index is -0.791. The molecule has 0 spiro atoms. The van der Waals surface area contributed by atoms with E-state index in [0.717, 1.165) is 55.9 Å². The number of fused-ring (bicyclic) bond motifs is 1. The summed E-state index contributed by atoms with van der Waals surface area (Å²) in [6.07, 6.45) is 6.25. The number of H-pyrrole nitrogens is 1. The first-order chi connectivity index (χ1) is 17.6. The average Bonchev–Trinajstić information content (AvgIpc) is 3.65. The molecule has 0 saturated carbocycles. The Balaban J connectivity index is 1.00. The summed E-state index contributed by atoms with van der Waals surface area (Å²) >= 11 is 0. The van der Waals surface area contributed by atoms with E-state index in [0.29, 0.717) is 37.1 Å². The molecule has 5 heterocycles. The molecule has 1 aromatic carbocycles. The molecule has 2 atom stereocenters. The number of hydrogen-bond donors (Lipinski definition) is 2. The van der Waals surface area contributed by atoms with Gasteiger partial charge in [0.2, 0.25) is 5.88 Å². The van der Waals surface area contributed by atoms with Gasteiger partial charge in [-0.2, -0.15) is 5.10 Å². The zero-order valence-corrected chi connectivity index (χ0v) is 20.2. The second kappa shape index (κ2) is 9.91. The van der Waals surface area contributed by atoms with Gasteiger partial charge in [-0.3, -0.25) is 9.89 Å². The number of ether oxygens (including phenoxy) is 2. The van der Waals surface area contributed by atoms with Gasteiger partial charge in [-0.25, -0.2) is 4.98 Å². The van der Waals surface area contributed by atoms with Crippen LogP contribution in [0.5, 0.6) is 17.4 Å². The molecular weight excluding hydrogens is 458 g/mol. The average molecular weight is 490 g/mol. The topological polar surface area (TPSA) is 104 Å². The molecule has 0 bridgehead atoms. The Morgan fingerprint density at radius 2 is 2.00 bits per heavy atom. The molecule has 9 heteroatoms. The quantitative estimate of drug-likeness (QED) is 0.525. The number of nitrogens with zero attached hydrogens (tertiary/aromatic N) is 4. The van der Waals surface area contributed by atoms with Crippen LogP contribution >= 0.6 is 0 Å². The summed E-state index contributed by atoms with van der Waals surface area (Å²) in [7, 11) is 0. The lowest BCUT2D eigenvalue weighted by molar-refractivity contribution is -0.137. The van der Waals surface area contributed by atoms with Gasteiger partial charge in [0.25, 0.3) is 5.91 Å². The van der Waals surface area contributed by atoms with Crippen molar-refractivity contribution in [1.29, 1.82) is 0 Å². The van der Waals surface area contributed by atoms with Crippen molar-refractivity contribution in [1.82, 2.24) is 25.0 Å². The summed E-state index contributed by atoms with van der Waals surface area (Å²) in [4.78, 5) is 20.9. The number of rotatable bonds is 7. The molecule has 188 valence electrons. The first kappa shape index (κ1) is 23.0. The lowest BCUT2D eigenvalue weighted by atomic mass is 9.96. The lowest BCUT2D eigenvalue weighted by Crippen LogP contribution is -2.46. The number of nitrogens with one attached hydrogen (secondary N) is 1. The SMILES string of the molecule is O=C1[C@@H](O)CCN1C1CCN(CCC2COc3cc(Oc4ccc(-c5ccn[nH]5)cn4)ccc32)CC1. The van der Waals surface area contributed by atoms with Gasteiger partial charge in [0.15, 0.2) is 0 Å². The van der Waals surface area contributed by atoms with E-state index in [1.165, 1.54) is 5.56 Å². The first-order valence-corrected chi connectivity index (χ1v) is 12.8. The van der Waals surface area contributed by atoms with E-state index in [4.69, 9.17) is 9.47 Å². The zero-order chi connectivity index (χ0) is 24.5. The Morgan fingerprint density at radius 1 is 1.11 bits per heavy atom. The van der Waals surface area contributed by atoms with Crippen LogP contribution in [0.3, 0.4) is 0 Å². The summed E-state index contributed by atoms with van der Waals surface area (Å²) in [5, 5.41) is 16.6. The van der Waals surface area contributed by atoms with Crippen LogP contribution in [0, 0.1) is 0 Å². The molecule has 1 amide bonds. The molecule has 2 fully saturated rings. The fourth-order valence-corrected chi connectivity index (χ4v) is 5.54. The van der Waals surface area contributed by atoms with E-state index >= 15 is 0 Å². The van der Waals surface area contributed by atoms with Crippen LogP contribution in [0.25, 0.3) is 11.3 Å². The third-order valence-corrected chi connectivity index (χ3v) is 7.64. The third-order valence-electron chi connectivity index (χ3n) is 7.64. The fraction of sp³-hybridized carbons (Fsp3) is 0.444. The highest BCUT2D eigenvalue weighted by Crippen LogP contribution is 2.39. The maximum absolute atomic E-state index is 12.1. The maximum Gasteiger partial charge on any atom is 0.251 e. The van der Waals surface area contributed by atoms with E-state index in [1.807, 2.05) is 35.2 Å². The maximum atomic E-state index is 12.1. The Hall–Kier alpha value is -3.43. The highest BCUT2D eigenvalue weighted by molar-refractivity contribution is 5.83. The molecule has 2 aromatic heterocycles. The van der Waals surface area contributed by atoms with Gasteiger partial charge in [0, 0.05) is 67.2 Å². The number of carbonyl (C=O) groups is 1. The van der Waals surface area contributed by atoms with Crippen molar-refractivity contribution in [3.8, 4) is 28.6 Å². The van der Waals surface area contributed by atoms with E-state index in [2.05, 4.69) is 26.1 Å². The number of aliphatic hydroxyl groups excluding tert-OH is 1. The molecule has 3 aliphatic heterocycles. The Kier molecular flexibility index (Phi) is 6.33. The Bertz CT molecular complexity index is 1190. The number of benzene rings is 1. The number of aromatic amines is 1. The van der Waals surface area contributed by atoms with Crippen LogP contribution in [0.1, 0.15) is 37.2 Å². The molecule has 3 aromatic rings. The summed E-state index contributed by atoms with van der Waals surface area (Å²) in [6.45, 7) is 4.38. The highest BCUT2D eigenvalue weighted by atomic mass is 16.5. The predicted octanol–water partition coefficient (Wildman–Crippen LogP) is 3.19. The molecule has 36 heavy (non-hydrogen) atoms. The second-order valence-electron chi connectivity index (χ2n) is 9.86. The number of aliphatic hydroxyl groups is 1. The largest absolute Gasteiger partial charge is 0.493 e. The second-order valence-corrected chi connectivity index (χ2v) is 9.86. The van der Waals surface area contributed by atoms with Crippen molar-refractivity contribution in [3.05, 3.63) is 54.4 Å². The fourth-order valence-electron chi connectivity index (χ4n) is 5.54. The molecule has 0 radical (unpaired) electrons. The van der Waals surface area contributed by atoms with Crippen LogP contribution in [0.2, 0.25) is 0 Å². The van der Waals surface area contributed by atoms with E-state index < -0.39 is 6.10 Å². The van der Waals surface area contributed by atoms with Crippen molar-refractivity contribution >= 4 is 5.91 Å². The lowest BCUT2D eigenvalue weighted by Gasteiger charge is -2.37. The summed E-state index contributed by atoms with van der Waals surface area (Å²) in [5.41, 5.74) is 3.10. The smallest absolute Gasteiger partial charge is 0.251 e.